The first-order chi connectivity index (χ1) is 22.3. The van der Waals surface area contributed by atoms with Gasteiger partial charge in [-0.2, -0.15) is 0 Å². The Morgan fingerprint density at radius 1 is 0.826 bits per heavy atom. The van der Waals surface area contributed by atoms with Crippen LogP contribution >= 0.6 is 11.8 Å². The van der Waals surface area contributed by atoms with Gasteiger partial charge in [-0.25, -0.2) is 0 Å². The maximum atomic E-state index is 13.5. The van der Waals surface area contributed by atoms with Crippen LogP contribution in [0.5, 0.6) is 5.75 Å². The van der Waals surface area contributed by atoms with E-state index in [1.165, 1.54) is 17.8 Å². The number of benzene rings is 4. The van der Waals surface area contributed by atoms with E-state index in [1.54, 1.807) is 55.6 Å². The quantitative estimate of drug-likeness (QED) is 0.102. The third-order valence-electron chi connectivity index (χ3n) is 6.96. The summed E-state index contributed by atoms with van der Waals surface area (Å²) in [5.74, 6) is 0.714. The van der Waals surface area contributed by atoms with Gasteiger partial charge in [0.15, 0.2) is 0 Å². The lowest BCUT2D eigenvalue weighted by Crippen LogP contribution is -2.30. The van der Waals surface area contributed by atoms with Crippen LogP contribution in [-0.4, -0.2) is 30.6 Å². The Morgan fingerprint density at radius 2 is 1.57 bits per heavy atom. The van der Waals surface area contributed by atoms with Crippen molar-refractivity contribution in [1.82, 2.24) is 5.32 Å². The molecule has 1 heterocycles. The van der Waals surface area contributed by atoms with E-state index in [0.717, 1.165) is 27.3 Å². The minimum Gasteiger partial charge on any atom is -0.496 e. The summed E-state index contributed by atoms with van der Waals surface area (Å²) in [4.78, 5) is 39.9. The molecule has 0 saturated heterocycles. The Kier molecular flexibility index (Phi) is 10.4. The lowest BCUT2D eigenvalue weighted by molar-refractivity contribution is -0.114. The molecule has 5 aromatic rings. The Labute approximate surface area is 271 Å². The number of ether oxygens (including phenoxy) is 1. The molecular weight excluding hydrogens is 598 g/mol. The van der Waals surface area contributed by atoms with Gasteiger partial charge in [0.2, 0.25) is 5.91 Å². The van der Waals surface area contributed by atoms with Crippen LogP contribution in [0.4, 0.5) is 11.4 Å². The number of amides is 3. The van der Waals surface area contributed by atoms with Crippen LogP contribution in [0, 0.1) is 13.8 Å². The number of furan rings is 1. The number of carbonyl (C=O) groups is 3. The van der Waals surface area contributed by atoms with Gasteiger partial charge in [0, 0.05) is 27.9 Å². The second-order valence-electron chi connectivity index (χ2n) is 10.4. The van der Waals surface area contributed by atoms with Gasteiger partial charge < -0.3 is 25.1 Å². The van der Waals surface area contributed by atoms with Gasteiger partial charge in [-0.15, -0.1) is 11.8 Å². The lowest BCUT2D eigenvalue weighted by Gasteiger charge is -2.12. The highest BCUT2D eigenvalue weighted by atomic mass is 32.2. The lowest BCUT2D eigenvalue weighted by atomic mass is 10.1. The van der Waals surface area contributed by atoms with Crippen molar-refractivity contribution in [3.05, 3.63) is 137 Å². The highest BCUT2D eigenvalue weighted by Gasteiger charge is 2.17. The molecule has 0 aliphatic carbocycles. The van der Waals surface area contributed by atoms with Gasteiger partial charge in [0.05, 0.1) is 18.4 Å². The summed E-state index contributed by atoms with van der Waals surface area (Å²) in [6.07, 6.45) is 1.48. The first-order valence-corrected chi connectivity index (χ1v) is 15.5. The molecule has 232 valence electrons. The van der Waals surface area contributed by atoms with Crippen LogP contribution in [0.25, 0.3) is 17.4 Å². The van der Waals surface area contributed by atoms with E-state index in [4.69, 9.17) is 9.15 Å². The van der Waals surface area contributed by atoms with E-state index in [9.17, 15) is 14.4 Å². The summed E-state index contributed by atoms with van der Waals surface area (Å²) in [6, 6.07) is 32.6. The predicted molar refractivity (Wildman–Crippen MR) is 183 cm³/mol. The molecule has 1 aromatic heterocycles. The number of thioether (sulfide) groups is 1. The topological polar surface area (TPSA) is 110 Å². The number of rotatable bonds is 11. The maximum absolute atomic E-state index is 13.5. The number of hydrogen-bond acceptors (Lipinski definition) is 6. The van der Waals surface area contributed by atoms with Crippen molar-refractivity contribution in [2.24, 2.45) is 0 Å². The summed E-state index contributed by atoms with van der Waals surface area (Å²) in [5, 5.41) is 8.53. The van der Waals surface area contributed by atoms with Crippen LogP contribution < -0.4 is 20.7 Å². The second-order valence-corrected chi connectivity index (χ2v) is 11.5. The van der Waals surface area contributed by atoms with E-state index >= 15 is 0 Å². The van der Waals surface area contributed by atoms with Gasteiger partial charge >= 0.3 is 0 Å². The second kappa shape index (κ2) is 15.0. The van der Waals surface area contributed by atoms with Crippen LogP contribution in [0.2, 0.25) is 0 Å². The van der Waals surface area contributed by atoms with Gasteiger partial charge in [0.1, 0.15) is 23.0 Å². The van der Waals surface area contributed by atoms with Crippen molar-refractivity contribution >= 4 is 46.9 Å². The van der Waals surface area contributed by atoms with Gasteiger partial charge in [-0.3, -0.25) is 14.4 Å². The van der Waals surface area contributed by atoms with E-state index in [2.05, 4.69) is 16.0 Å². The molecule has 0 radical (unpaired) electrons. The molecule has 0 spiro atoms. The molecule has 3 N–H and O–H groups in total. The average Bonchev–Trinajstić information content (AvgIpc) is 3.54. The molecule has 5 rings (SSSR count). The highest BCUT2D eigenvalue weighted by molar-refractivity contribution is 8.00. The van der Waals surface area contributed by atoms with Crippen molar-refractivity contribution in [3.8, 4) is 17.1 Å². The number of nitrogens with one attached hydrogen (secondary N) is 3. The smallest absolute Gasteiger partial charge is 0.272 e. The zero-order valence-electron chi connectivity index (χ0n) is 25.6. The molecule has 0 aliphatic heterocycles. The first-order valence-electron chi connectivity index (χ1n) is 14.5. The Hall–Kier alpha value is -5.54. The number of methoxy groups -OCH3 is 1. The summed E-state index contributed by atoms with van der Waals surface area (Å²) in [6.45, 7) is 3.94. The largest absolute Gasteiger partial charge is 0.496 e. The summed E-state index contributed by atoms with van der Waals surface area (Å²) >= 11 is 1.39. The first kappa shape index (κ1) is 31.9. The third-order valence-corrected chi connectivity index (χ3v) is 7.98. The fourth-order valence-corrected chi connectivity index (χ4v) is 5.25. The molecule has 3 amide bonds. The van der Waals surface area contributed by atoms with Gasteiger partial charge in [-0.1, -0.05) is 42.5 Å². The van der Waals surface area contributed by atoms with E-state index in [1.807, 2.05) is 74.5 Å². The van der Waals surface area contributed by atoms with Crippen molar-refractivity contribution < 1.29 is 23.5 Å². The minimum atomic E-state index is -0.534. The average molecular weight is 632 g/mol. The zero-order chi connectivity index (χ0) is 32.5. The Balaban J connectivity index is 1.28. The fraction of sp³-hybridized carbons (Fsp3) is 0.108. The van der Waals surface area contributed by atoms with Crippen LogP contribution in [0.3, 0.4) is 0 Å². The highest BCUT2D eigenvalue weighted by Crippen LogP contribution is 2.31. The number of aryl methyl sites for hydroxylation is 2. The summed E-state index contributed by atoms with van der Waals surface area (Å²) < 4.78 is 11.5. The SMILES string of the molecule is COc1ccccc1-c1ccc(C=C(NC(=O)c2ccccc2)C(=O)Nc2ccc(SCC(=O)Nc3cc(C)ccc3C)cc2)o1. The Morgan fingerprint density at radius 3 is 2.33 bits per heavy atom. The molecule has 0 unspecified atom stereocenters. The van der Waals surface area contributed by atoms with Crippen molar-refractivity contribution in [3.63, 3.8) is 0 Å². The van der Waals surface area contributed by atoms with Crippen molar-refractivity contribution in [1.29, 1.82) is 0 Å². The fourth-order valence-electron chi connectivity index (χ4n) is 4.55. The standard InChI is InChI=1S/C37H33N3O5S/c1-24-13-14-25(2)31(21-24)39-35(41)23-46-29-18-15-27(16-19-29)38-37(43)32(40-36(42)26-9-5-4-6-10-26)22-28-17-20-34(45-28)30-11-7-8-12-33(30)44-3/h4-22H,23H2,1-3H3,(H,38,43)(H,39,41)(H,40,42). The molecule has 0 saturated carbocycles. The van der Waals surface area contributed by atoms with E-state index < -0.39 is 11.8 Å². The molecule has 0 atom stereocenters. The monoisotopic (exact) mass is 631 g/mol. The molecule has 8 nitrogen and oxygen atoms in total. The van der Waals surface area contributed by atoms with Crippen LogP contribution in [0.1, 0.15) is 27.2 Å². The van der Waals surface area contributed by atoms with Crippen LogP contribution in [0.15, 0.2) is 124 Å². The predicted octanol–water partition coefficient (Wildman–Crippen LogP) is 7.71. The molecule has 46 heavy (non-hydrogen) atoms. The Bertz CT molecular complexity index is 1880. The summed E-state index contributed by atoms with van der Waals surface area (Å²) in [5.41, 5.74) is 4.55. The number of para-hydroxylation sites is 1. The zero-order valence-corrected chi connectivity index (χ0v) is 26.4. The number of anilines is 2. The molecule has 4 aromatic carbocycles. The van der Waals surface area contributed by atoms with E-state index in [-0.39, 0.29) is 17.4 Å². The van der Waals surface area contributed by atoms with Gasteiger partial charge in [0.25, 0.3) is 11.8 Å². The van der Waals surface area contributed by atoms with Gasteiger partial charge in [-0.05, 0) is 91.7 Å². The normalized spacial score (nSPS) is 11.1. The molecule has 0 fully saturated rings. The number of carbonyl (C=O) groups excluding carboxylic acids is 3. The molecule has 0 aliphatic rings. The van der Waals surface area contributed by atoms with Crippen LogP contribution in [-0.2, 0) is 9.59 Å². The van der Waals surface area contributed by atoms with E-state index in [0.29, 0.717) is 28.5 Å². The molecule has 0 bridgehead atoms. The number of hydrogen-bond donors (Lipinski definition) is 3. The molecular formula is C37H33N3O5S. The summed E-state index contributed by atoms with van der Waals surface area (Å²) in [7, 11) is 1.58. The minimum absolute atomic E-state index is 0.00338. The third kappa shape index (κ3) is 8.34. The van der Waals surface area contributed by atoms with Crippen molar-refractivity contribution in [2.75, 3.05) is 23.5 Å². The molecule has 9 heteroatoms. The maximum Gasteiger partial charge on any atom is 0.272 e. The van der Waals surface area contributed by atoms with Crippen molar-refractivity contribution in [2.45, 2.75) is 18.7 Å².